The minimum absolute atomic E-state index is 0.860. The van der Waals surface area contributed by atoms with Crippen LogP contribution in [0.4, 0.5) is 0 Å². The van der Waals surface area contributed by atoms with Gasteiger partial charge in [-0.1, -0.05) is 54.1 Å². The highest BCUT2D eigenvalue weighted by atomic mass is 79.9. The zero-order valence-corrected chi connectivity index (χ0v) is 15.2. The molecule has 0 nitrogen and oxygen atoms in total. The van der Waals surface area contributed by atoms with Crippen LogP contribution in [-0.4, -0.2) is 0 Å². The van der Waals surface area contributed by atoms with Gasteiger partial charge in [0.25, 0.3) is 0 Å². The van der Waals surface area contributed by atoms with E-state index in [0.29, 0.717) is 0 Å². The second-order valence-electron chi connectivity index (χ2n) is 8.07. The van der Waals surface area contributed by atoms with E-state index >= 15 is 0 Å². The first-order valence-electron chi connectivity index (χ1n) is 9.63. The number of halogens is 1. The van der Waals surface area contributed by atoms with Crippen molar-refractivity contribution in [3.8, 4) is 0 Å². The van der Waals surface area contributed by atoms with Crippen molar-refractivity contribution in [2.45, 2.75) is 83.5 Å². The van der Waals surface area contributed by atoms with Crippen LogP contribution in [0.25, 0.3) is 0 Å². The van der Waals surface area contributed by atoms with Crippen LogP contribution in [0.1, 0.15) is 83.5 Å². The van der Waals surface area contributed by atoms with E-state index in [-0.39, 0.29) is 0 Å². The zero-order chi connectivity index (χ0) is 14.5. The molecule has 0 unspecified atom stereocenters. The van der Waals surface area contributed by atoms with Crippen LogP contribution >= 0.6 is 15.9 Å². The van der Waals surface area contributed by atoms with Gasteiger partial charge in [-0.25, -0.2) is 0 Å². The normalized spacial score (nSPS) is 39.7. The second kappa shape index (κ2) is 8.18. The molecular formula is C20H33Br. The highest BCUT2D eigenvalue weighted by Crippen LogP contribution is 2.45. The van der Waals surface area contributed by atoms with Gasteiger partial charge in [-0.2, -0.15) is 0 Å². The van der Waals surface area contributed by atoms with Crippen molar-refractivity contribution >= 4 is 15.9 Å². The van der Waals surface area contributed by atoms with Gasteiger partial charge in [-0.3, -0.25) is 0 Å². The van der Waals surface area contributed by atoms with Gasteiger partial charge >= 0.3 is 0 Å². The molecule has 120 valence electrons. The predicted octanol–water partition coefficient (Wildman–Crippen LogP) is 7.09. The van der Waals surface area contributed by atoms with E-state index in [1.54, 1.807) is 38.5 Å². The molecule has 0 aromatic heterocycles. The molecule has 21 heavy (non-hydrogen) atoms. The molecule has 0 atom stereocenters. The molecule has 0 aromatic carbocycles. The topological polar surface area (TPSA) is 0 Å². The molecule has 3 aliphatic carbocycles. The first-order chi connectivity index (χ1) is 10.4. The van der Waals surface area contributed by atoms with Crippen LogP contribution in [-0.2, 0) is 0 Å². The van der Waals surface area contributed by atoms with Gasteiger partial charge in [-0.15, -0.1) is 0 Å². The lowest BCUT2D eigenvalue weighted by molar-refractivity contribution is 0.117. The summed E-state index contributed by atoms with van der Waals surface area (Å²) in [5.74, 6) is 5.23. The summed E-state index contributed by atoms with van der Waals surface area (Å²) in [7, 11) is 0. The summed E-state index contributed by atoms with van der Waals surface area (Å²) in [6.45, 7) is 0. The fraction of sp³-hybridized carbons (Fsp3) is 0.900. The smallest absolute Gasteiger partial charge is 0.0225 e. The third-order valence-electron chi connectivity index (χ3n) is 6.96. The Labute approximate surface area is 140 Å². The van der Waals surface area contributed by atoms with Crippen molar-refractivity contribution < 1.29 is 0 Å². The van der Waals surface area contributed by atoms with Crippen LogP contribution in [0.15, 0.2) is 11.1 Å². The zero-order valence-electron chi connectivity index (χ0n) is 13.6. The van der Waals surface area contributed by atoms with Crippen LogP contribution < -0.4 is 0 Å². The molecule has 3 rings (SSSR count). The van der Waals surface area contributed by atoms with E-state index in [0.717, 1.165) is 29.6 Å². The molecule has 3 aliphatic rings. The number of hydrogen-bond donors (Lipinski definition) is 0. The lowest BCUT2D eigenvalue weighted by Gasteiger charge is -2.40. The summed E-state index contributed by atoms with van der Waals surface area (Å²) in [6.07, 6.45) is 22.2. The SMILES string of the molecule is BrC=CC1CCC(C2CCC(C3CCCCC3)CC2)CC1. The Morgan fingerprint density at radius 1 is 0.524 bits per heavy atom. The highest BCUT2D eigenvalue weighted by Gasteiger charge is 2.33. The van der Waals surface area contributed by atoms with Crippen LogP contribution in [0.2, 0.25) is 0 Å². The Morgan fingerprint density at radius 3 is 1.43 bits per heavy atom. The van der Waals surface area contributed by atoms with Crippen molar-refractivity contribution in [1.29, 1.82) is 0 Å². The third kappa shape index (κ3) is 4.36. The van der Waals surface area contributed by atoms with Crippen molar-refractivity contribution in [3.05, 3.63) is 11.1 Å². The van der Waals surface area contributed by atoms with Gasteiger partial charge in [0.05, 0.1) is 0 Å². The van der Waals surface area contributed by atoms with Gasteiger partial charge in [0, 0.05) is 0 Å². The van der Waals surface area contributed by atoms with Gasteiger partial charge in [0.15, 0.2) is 0 Å². The molecule has 3 saturated carbocycles. The predicted molar refractivity (Wildman–Crippen MR) is 95.5 cm³/mol. The Morgan fingerprint density at radius 2 is 0.952 bits per heavy atom. The summed E-state index contributed by atoms with van der Waals surface area (Å²) < 4.78 is 0. The number of hydrogen-bond acceptors (Lipinski definition) is 0. The maximum atomic E-state index is 3.44. The lowest BCUT2D eigenvalue weighted by atomic mass is 9.66. The standard InChI is InChI=1S/C20H33Br/c21-15-14-16-6-8-18(9-7-16)20-12-10-19(11-13-20)17-4-2-1-3-5-17/h14-20H,1-13H2. The Balaban J connectivity index is 1.41. The summed E-state index contributed by atoms with van der Waals surface area (Å²) in [5.41, 5.74) is 0. The molecule has 0 aliphatic heterocycles. The average molecular weight is 353 g/mol. The molecule has 0 spiro atoms. The minimum atomic E-state index is 0.860. The molecule has 0 amide bonds. The molecule has 0 saturated heterocycles. The number of allylic oxidation sites excluding steroid dienone is 1. The molecular weight excluding hydrogens is 320 g/mol. The largest absolute Gasteiger partial charge is 0.0745 e. The van der Waals surface area contributed by atoms with Gasteiger partial charge in [0.2, 0.25) is 0 Å². The van der Waals surface area contributed by atoms with Crippen molar-refractivity contribution in [3.63, 3.8) is 0 Å². The Hall–Kier alpha value is 0.220. The van der Waals surface area contributed by atoms with E-state index in [1.165, 1.54) is 44.9 Å². The molecule has 0 N–H and O–H groups in total. The van der Waals surface area contributed by atoms with Crippen LogP contribution in [0, 0.1) is 29.6 Å². The summed E-state index contributed by atoms with van der Waals surface area (Å²) in [4.78, 5) is 2.08. The van der Waals surface area contributed by atoms with Gasteiger partial charge in [-0.05, 0) is 85.9 Å². The third-order valence-corrected chi connectivity index (χ3v) is 7.27. The maximum Gasteiger partial charge on any atom is -0.0225 e. The Bertz CT molecular complexity index is 313. The molecule has 0 bridgehead atoms. The first kappa shape index (κ1) is 16.1. The van der Waals surface area contributed by atoms with E-state index in [1.807, 2.05) is 0 Å². The van der Waals surface area contributed by atoms with Crippen molar-refractivity contribution in [1.82, 2.24) is 0 Å². The van der Waals surface area contributed by atoms with Crippen molar-refractivity contribution in [2.24, 2.45) is 29.6 Å². The fourth-order valence-electron chi connectivity index (χ4n) is 5.61. The van der Waals surface area contributed by atoms with E-state index in [2.05, 4.69) is 27.0 Å². The molecule has 0 heterocycles. The highest BCUT2D eigenvalue weighted by molar-refractivity contribution is 9.11. The summed E-state index contributed by atoms with van der Waals surface area (Å²) in [6, 6.07) is 0. The number of rotatable bonds is 3. The monoisotopic (exact) mass is 352 g/mol. The fourth-order valence-corrected chi connectivity index (χ4v) is 6.04. The minimum Gasteiger partial charge on any atom is -0.0745 e. The summed E-state index contributed by atoms with van der Waals surface area (Å²) in [5, 5.41) is 0. The lowest BCUT2D eigenvalue weighted by Crippen LogP contribution is -2.28. The molecule has 0 aromatic rings. The summed E-state index contributed by atoms with van der Waals surface area (Å²) >= 11 is 3.44. The maximum absolute atomic E-state index is 3.44. The van der Waals surface area contributed by atoms with Crippen molar-refractivity contribution in [2.75, 3.05) is 0 Å². The van der Waals surface area contributed by atoms with Crippen LogP contribution in [0.3, 0.4) is 0 Å². The average Bonchev–Trinajstić information content (AvgIpc) is 2.57. The second-order valence-corrected chi connectivity index (χ2v) is 8.59. The Kier molecular flexibility index (Phi) is 6.27. The van der Waals surface area contributed by atoms with E-state index < -0.39 is 0 Å². The molecule has 3 fully saturated rings. The van der Waals surface area contributed by atoms with Crippen LogP contribution in [0.5, 0.6) is 0 Å². The first-order valence-corrected chi connectivity index (χ1v) is 10.5. The van der Waals surface area contributed by atoms with Gasteiger partial charge < -0.3 is 0 Å². The quantitative estimate of drug-likeness (QED) is 0.508. The van der Waals surface area contributed by atoms with E-state index in [4.69, 9.17) is 0 Å². The molecule has 1 heteroatoms. The van der Waals surface area contributed by atoms with E-state index in [9.17, 15) is 0 Å². The molecule has 0 radical (unpaired) electrons. The van der Waals surface area contributed by atoms with Gasteiger partial charge in [0.1, 0.15) is 0 Å².